The number of aromatic nitrogens is 4. The first-order valence-electron chi connectivity index (χ1n) is 9.11. The van der Waals surface area contributed by atoms with E-state index in [1.165, 1.54) is 12.0 Å². The first-order valence-corrected chi connectivity index (χ1v) is 9.11. The average molecular weight is 357 g/mol. The van der Waals surface area contributed by atoms with E-state index in [1.807, 2.05) is 13.1 Å². The quantitative estimate of drug-likeness (QED) is 0.822. The van der Waals surface area contributed by atoms with Gasteiger partial charge in [-0.1, -0.05) is 37.0 Å². The number of hydrogen-bond donors (Lipinski definition) is 0. The van der Waals surface area contributed by atoms with Gasteiger partial charge in [0.15, 0.2) is 5.82 Å². The van der Waals surface area contributed by atoms with Gasteiger partial charge < -0.3 is 9.64 Å². The van der Waals surface area contributed by atoms with Crippen molar-refractivity contribution in [2.24, 2.45) is 0 Å². The fourth-order valence-electron chi connectivity index (χ4n) is 3.99. The fraction of sp³-hybridized carbons (Fsp3) is 0.579. The number of benzene rings is 1. The minimum Gasteiger partial charge on any atom is -0.375 e. The van der Waals surface area contributed by atoms with E-state index < -0.39 is 5.54 Å². The van der Waals surface area contributed by atoms with Gasteiger partial charge in [0.05, 0.1) is 5.69 Å². The standard InChI is InChI=1S/C19H27N5O2/c1-14-8-9-16(15(2)12-14)24-18(20-21-22-24)19(10-6-5-7-11-19)23(3)17(25)13-26-4/h8-9,12H,5-7,10-11,13H2,1-4H3. The molecule has 140 valence electrons. The van der Waals surface area contributed by atoms with Crippen LogP contribution in [-0.4, -0.2) is 51.8 Å². The van der Waals surface area contributed by atoms with Gasteiger partial charge in [0.2, 0.25) is 5.91 Å². The number of aryl methyl sites for hydroxylation is 2. The molecule has 1 aliphatic carbocycles. The van der Waals surface area contributed by atoms with Crippen molar-refractivity contribution in [1.29, 1.82) is 0 Å². The van der Waals surface area contributed by atoms with Crippen LogP contribution in [-0.2, 0) is 15.1 Å². The van der Waals surface area contributed by atoms with Gasteiger partial charge in [-0.05, 0) is 48.7 Å². The van der Waals surface area contributed by atoms with Crippen LogP contribution in [0.4, 0.5) is 0 Å². The Morgan fingerprint density at radius 1 is 1.27 bits per heavy atom. The van der Waals surface area contributed by atoms with Gasteiger partial charge >= 0.3 is 0 Å². The molecule has 1 aromatic carbocycles. The molecule has 0 unspecified atom stereocenters. The van der Waals surface area contributed by atoms with Crippen LogP contribution in [0.1, 0.15) is 49.1 Å². The van der Waals surface area contributed by atoms with Crippen molar-refractivity contribution in [3.05, 3.63) is 35.2 Å². The zero-order valence-electron chi connectivity index (χ0n) is 16.0. The van der Waals surface area contributed by atoms with Crippen LogP contribution in [0.2, 0.25) is 0 Å². The predicted molar refractivity (Wildman–Crippen MR) is 98.0 cm³/mol. The predicted octanol–water partition coefficient (Wildman–Crippen LogP) is 2.54. The molecule has 0 saturated heterocycles. The van der Waals surface area contributed by atoms with E-state index in [4.69, 9.17) is 4.74 Å². The highest BCUT2D eigenvalue weighted by Crippen LogP contribution is 2.41. The van der Waals surface area contributed by atoms with Gasteiger partial charge in [-0.15, -0.1) is 5.10 Å². The number of ether oxygens (including phenoxy) is 1. The van der Waals surface area contributed by atoms with Crippen LogP contribution in [0.25, 0.3) is 5.69 Å². The lowest BCUT2D eigenvalue weighted by atomic mass is 9.79. The van der Waals surface area contributed by atoms with Gasteiger partial charge in [-0.3, -0.25) is 4.79 Å². The SMILES string of the molecule is COCC(=O)N(C)C1(c2nnnn2-c2ccc(C)cc2C)CCCCC1. The maximum Gasteiger partial charge on any atom is 0.249 e. The summed E-state index contributed by atoms with van der Waals surface area (Å²) in [6.45, 7) is 4.18. The Morgan fingerprint density at radius 2 is 2.00 bits per heavy atom. The van der Waals surface area contributed by atoms with E-state index in [9.17, 15) is 4.79 Å². The van der Waals surface area contributed by atoms with Gasteiger partial charge in [0.1, 0.15) is 12.1 Å². The molecule has 1 amide bonds. The summed E-state index contributed by atoms with van der Waals surface area (Å²) in [6, 6.07) is 6.22. The highest BCUT2D eigenvalue weighted by atomic mass is 16.5. The van der Waals surface area contributed by atoms with E-state index in [0.29, 0.717) is 0 Å². The van der Waals surface area contributed by atoms with Crippen molar-refractivity contribution < 1.29 is 9.53 Å². The third kappa shape index (κ3) is 3.23. The lowest BCUT2D eigenvalue weighted by Gasteiger charge is -2.43. The summed E-state index contributed by atoms with van der Waals surface area (Å²) in [5.74, 6) is 0.681. The maximum absolute atomic E-state index is 12.6. The smallest absolute Gasteiger partial charge is 0.249 e. The molecule has 0 bridgehead atoms. The Hall–Kier alpha value is -2.28. The first-order chi connectivity index (χ1) is 12.5. The zero-order valence-corrected chi connectivity index (χ0v) is 16.0. The Bertz CT molecular complexity index is 780. The summed E-state index contributed by atoms with van der Waals surface area (Å²) in [7, 11) is 3.38. The molecule has 0 spiro atoms. The van der Waals surface area contributed by atoms with Crippen molar-refractivity contribution >= 4 is 5.91 Å². The Labute approximate surface area is 154 Å². The highest BCUT2D eigenvalue weighted by molar-refractivity contribution is 5.78. The Kier molecular flexibility index (Phi) is 5.36. The minimum atomic E-state index is -0.505. The number of carbonyl (C=O) groups excluding carboxylic acids is 1. The summed E-state index contributed by atoms with van der Waals surface area (Å²) < 4.78 is 6.88. The second kappa shape index (κ2) is 7.53. The second-order valence-electron chi connectivity index (χ2n) is 7.18. The van der Waals surface area contributed by atoms with Gasteiger partial charge in [-0.2, -0.15) is 4.68 Å². The molecule has 7 nitrogen and oxygen atoms in total. The second-order valence-corrected chi connectivity index (χ2v) is 7.18. The number of likely N-dealkylation sites (N-methyl/N-ethyl adjacent to an activating group) is 1. The molecule has 26 heavy (non-hydrogen) atoms. The van der Waals surface area contributed by atoms with Gasteiger partial charge in [0.25, 0.3) is 0 Å². The number of amides is 1. The number of carbonyl (C=O) groups is 1. The van der Waals surface area contributed by atoms with Crippen molar-refractivity contribution in [2.45, 2.75) is 51.5 Å². The fourth-order valence-corrected chi connectivity index (χ4v) is 3.99. The molecule has 1 saturated carbocycles. The lowest BCUT2D eigenvalue weighted by Crippen LogP contribution is -2.51. The minimum absolute atomic E-state index is 0.0513. The highest BCUT2D eigenvalue weighted by Gasteiger charge is 2.44. The number of nitrogens with zero attached hydrogens (tertiary/aromatic N) is 5. The van der Waals surface area contributed by atoms with E-state index in [0.717, 1.165) is 42.8 Å². The number of hydrogen-bond acceptors (Lipinski definition) is 5. The van der Waals surface area contributed by atoms with Gasteiger partial charge in [-0.25, -0.2) is 0 Å². The molecule has 3 rings (SSSR count). The van der Waals surface area contributed by atoms with Crippen molar-refractivity contribution in [2.75, 3.05) is 20.8 Å². The summed E-state index contributed by atoms with van der Waals surface area (Å²) in [6.07, 6.45) is 4.96. The summed E-state index contributed by atoms with van der Waals surface area (Å²) in [5.41, 5.74) is 2.75. The van der Waals surface area contributed by atoms with E-state index in [1.54, 1.807) is 16.7 Å². The molecule has 1 fully saturated rings. The molecule has 0 aliphatic heterocycles. The maximum atomic E-state index is 12.6. The molecule has 7 heteroatoms. The van der Waals surface area contributed by atoms with Crippen LogP contribution >= 0.6 is 0 Å². The zero-order chi connectivity index (χ0) is 18.7. The molecule has 2 aromatic rings. The average Bonchev–Trinajstić information content (AvgIpc) is 3.12. The Morgan fingerprint density at radius 3 is 2.65 bits per heavy atom. The van der Waals surface area contributed by atoms with Crippen LogP contribution in [0.3, 0.4) is 0 Å². The molecular weight excluding hydrogens is 330 g/mol. The lowest BCUT2D eigenvalue weighted by molar-refractivity contribution is -0.142. The van der Waals surface area contributed by atoms with Crippen LogP contribution in [0.15, 0.2) is 18.2 Å². The summed E-state index contributed by atoms with van der Waals surface area (Å²) in [5, 5.41) is 12.6. The molecule has 0 radical (unpaired) electrons. The largest absolute Gasteiger partial charge is 0.375 e. The van der Waals surface area contributed by atoms with E-state index >= 15 is 0 Å². The summed E-state index contributed by atoms with van der Waals surface area (Å²) >= 11 is 0. The molecule has 1 aliphatic rings. The van der Waals surface area contributed by atoms with E-state index in [2.05, 4.69) is 41.5 Å². The third-order valence-electron chi connectivity index (χ3n) is 5.43. The number of tetrazole rings is 1. The van der Waals surface area contributed by atoms with Crippen molar-refractivity contribution in [3.63, 3.8) is 0 Å². The summed E-state index contributed by atoms with van der Waals surface area (Å²) in [4.78, 5) is 14.4. The third-order valence-corrected chi connectivity index (χ3v) is 5.43. The monoisotopic (exact) mass is 357 g/mol. The Balaban J connectivity index is 2.09. The van der Waals surface area contributed by atoms with Crippen LogP contribution < -0.4 is 0 Å². The van der Waals surface area contributed by atoms with Crippen molar-refractivity contribution in [1.82, 2.24) is 25.1 Å². The number of rotatable bonds is 5. The van der Waals surface area contributed by atoms with Crippen LogP contribution in [0.5, 0.6) is 0 Å². The normalized spacial score (nSPS) is 16.5. The molecular formula is C19H27N5O2. The molecule has 1 aromatic heterocycles. The van der Waals surface area contributed by atoms with E-state index in [-0.39, 0.29) is 12.5 Å². The molecule has 1 heterocycles. The molecule has 0 N–H and O–H groups in total. The van der Waals surface area contributed by atoms with Crippen molar-refractivity contribution in [3.8, 4) is 5.69 Å². The molecule has 0 atom stereocenters. The number of methoxy groups -OCH3 is 1. The topological polar surface area (TPSA) is 73.1 Å². The van der Waals surface area contributed by atoms with Crippen LogP contribution in [0, 0.1) is 13.8 Å². The first kappa shape index (κ1) is 18.5. The van der Waals surface area contributed by atoms with Gasteiger partial charge in [0, 0.05) is 14.2 Å².